The molecule has 74 valence electrons. The molecule has 0 unspecified atom stereocenters. The second kappa shape index (κ2) is 7.56. The lowest BCUT2D eigenvalue weighted by Gasteiger charge is -2.12. The van der Waals surface area contributed by atoms with Crippen molar-refractivity contribution in [3.8, 4) is 6.07 Å². The fourth-order valence-electron chi connectivity index (χ4n) is 0.855. The molecule has 0 saturated heterocycles. The molecule has 0 rings (SSSR count). The summed E-state index contributed by atoms with van der Waals surface area (Å²) >= 11 is 0. The van der Waals surface area contributed by atoms with Gasteiger partial charge in [-0.25, -0.2) is 0 Å². The second-order valence-corrected chi connectivity index (χ2v) is 2.71. The highest BCUT2D eigenvalue weighted by Gasteiger charge is 2.06. The van der Waals surface area contributed by atoms with E-state index < -0.39 is 0 Å². The molecule has 0 aromatic carbocycles. The molecule has 0 heterocycles. The molecular formula is C9H16N2O2. The molecule has 0 aliphatic rings. The van der Waals surface area contributed by atoms with Gasteiger partial charge in [-0.1, -0.05) is 0 Å². The van der Waals surface area contributed by atoms with Crippen molar-refractivity contribution < 1.29 is 9.53 Å². The lowest BCUT2D eigenvalue weighted by atomic mass is 10.3. The standard InChI is InChI=1S/C9H16N2O2/c1-3-13-8-4-5-9(12)11(2)7-6-10/h3-5,7-8H2,1-2H3. The summed E-state index contributed by atoms with van der Waals surface area (Å²) in [7, 11) is 1.63. The van der Waals surface area contributed by atoms with Gasteiger partial charge in [-0.05, 0) is 13.3 Å². The third kappa shape index (κ3) is 6.12. The molecule has 1 amide bonds. The first kappa shape index (κ1) is 11.9. The number of carbonyl (C=O) groups is 1. The smallest absolute Gasteiger partial charge is 0.223 e. The van der Waals surface area contributed by atoms with Gasteiger partial charge in [-0.2, -0.15) is 5.26 Å². The van der Waals surface area contributed by atoms with Crippen molar-refractivity contribution in [2.75, 3.05) is 26.8 Å². The van der Waals surface area contributed by atoms with Gasteiger partial charge in [0.05, 0.1) is 6.07 Å². The number of hydrogen-bond acceptors (Lipinski definition) is 3. The summed E-state index contributed by atoms with van der Waals surface area (Å²) in [6.45, 7) is 3.38. The van der Waals surface area contributed by atoms with Crippen LogP contribution in [0.4, 0.5) is 0 Å². The average molecular weight is 184 g/mol. The van der Waals surface area contributed by atoms with E-state index in [0.717, 1.165) is 6.42 Å². The molecule has 4 nitrogen and oxygen atoms in total. The van der Waals surface area contributed by atoms with E-state index in [0.29, 0.717) is 19.6 Å². The fraction of sp³-hybridized carbons (Fsp3) is 0.778. The van der Waals surface area contributed by atoms with Gasteiger partial charge in [0, 0.05) is 26.7 Å². The van der Waals surface area contributed by atoms with Gasteiger partial charge >= 0.3 is 0 Å². The van der Waals surface area contributed by atoms with E-state index in [9.17, 15) is 4.79 Å². The first-order chi connectivity index (χ1) is 6.22. The highest BCUT2D eigenvalue weighted by Crippen LogP contribution is 1.95. The minimum absolute atomic E-state index is 0.00116. The molecule has 0 aliphatic heterocycles. The molecule has 4 heteroatoms. The lowest BCUT2D eigenvalue weighted by molar-refractivity contribution is -0.129. The van der Waals surface area contributed by atoms with Crippen molar-refractivity contribution in [1.29, 1.82) is 5.26 Å². The third-order valence-electron chi connectivity index (χ3n) is 1.62. The first-order valence-corrected chi connectivity index (χ1v) is 4.41. The number of hydrogen-bond donors (Lipinski definition) is 0. The number of ether oxygens (including phenoxy) is 1. The maximum absolute atomic E-state index is 11.2. The Bertz CT molecular complexity index is 187. The van der Waals surface area contributed by atoms with Crippen LogP contribution in [0.5, 0.6) is 0 Å². The molecule has 0 aromatic rings. The zero-order valence-electron chi connectivity index (χ0n) is 8.25. The summed E-state index contributed by atoms with van der Waals surface area (Å²) in [5, 5.41) is 8.33. The normalized spacial score (nSPS) is 9.31. The van der Waals surface area contributed by atoms with Crippen molar-refractivity contribution in [1.82, 2.24) is 4.90 Å². The SMILES string of the molecule is CCOCCCC(=O)N(C)CC#N. The van der Waals surface area contributed by atoms with Gasteiger partial charge in [-0.15, -0.1) is 0 Å². The Kier molecular flexibility index (Phi) is 6.93. The van der Waals surface area contributed by atoms with E-state index >= 15 is 0 Å². The Hall–Kier alpha value is -1.08. The van der Waals surface area contributed by atoms with Gasteiger partial charge in [0.25, 0.3) is 0 Å². The van der Waals surface area contributed by atoms with Gasteiger partial charge in [-0.3, -0.25) is 4.79 Å². The number of nitrogens with zero attached hydrogens (tertiary/aromatic N) is 2. The minimum Gasteiger partial charge on any atom is -0.382 e. The lowest BCUT2D eigenvalue weighted by Crippen LogP contribution is -2.26. The topological polar surface area (TPSA) is 53.3 Å². The maximum atomic E-state index is 11.2. The summed E-state index contributed by atoms with van der Waals surface area (Å²) in [5.74, 6) is 0.00116. The van der Waals surface area contributed by atoms with E-state index in [1.165, 1.54) is 4.90 Å². The molecule has 0 fully saturated rings. The van der Waals surface area contributed by atoms with E-state index in [4.69, 9.17) is 10.00 Å². The molecule has 0 spiro atoms. The quantitative estimate of drug-likeness (QED) is 0.453. The van der Waals surface area contributed by atoms with Crippen LogP contribution >= 0.6 is 0 Å². The van der Waals surface area contributed by atoms with Gasteiger partial charge in [0.1, 0.15) is 6.54 Å². The van der Waals surface area contributed by atoms with Crippen molar-refractivity contribution in [2.24, 2.45) is 0 Å². The van der Waals surface area contributed by atoms with Crippen molar-refractivity contribution in [3.63, 3.8) is 0 Å². The van der Waals surface area contributed by atoms with Crippen LogP contribution in [0.25, 0.3) is 0 Å². The van der Waals surface area contributed by atoms with Crippen molar-refractivity contribution >= 4 is 5.91 Å². The highest BCUT2D eigenvalue weighted by molar-refractivity contribution is 5.76. The molecule has 13 heavy (non-hydrogen) atoms. The summed E-state index contributed by atoms with van der Waals surface area (Å²) < 4.78 is 5.09. The zero-order valence-corrected chi connectivity index (χ0v) is 8.25. The van der Waals surface area contributed by atoms with Crippen LogP contribution in [-0.2, 0) is 9.53 Å². The van der Waals surface area contributed by atoms with Crippen LogP contribution in [0.15, 0.2) is 0 Å². The van der Waals surface area contributed by atoms with E-state index in [2.05, 4.69) is 0 Å². The zero-order chi connectivity index (χ0) is 10.1. The summed E-state index contributed by atoms with van der Waals surface area (Å²) in [4.78, 5) is 12.6. The maximum Gasteiger partial charge on any atom is 0.223 e. The Labute approximate surface area is 79.1 Å². The van der Waals surface area contributed by atoms with Crippen LogP contribution in [0, 0.1) is 11.3 Å². The molecule has 0 aliphatic carbocycles. The minimum atomic E-state index is 0.00116. The number of amides is 1. The summed E-state index contributed by atoms with van der Waals surface area (Å²) in [5.41, 5.74) is 0. The van der Waals surface area contributed by atoms with Crippen LogP contribution in [0.2, 0.25) is 0 Å². The van der Waals surface area contributed by atoms with Crippen molar-refractivity contribution in [2.45, 2.75) is 19.8 Å². The molecule has 0 bridgehead atoms. The van der Waals surface area contributed by atoms with Crippen LogP contribution in [0.1, 0.15) is 19.8 Å². The first-order valence-electron chi connectivity index (χ1n) is 4.41. The summed E-state index contributed by atoms with van der Waals surface area (Å²) in [6, 6.07) is 1.92. The predicted octanol–water partition coefficient (Wildman–Crippen LogP) is 0.785. The second-order valence-electron chi connectivity index (χ2n) is 2.71. The highest BCUT2D eigenvalue weighted by atomic mass is 16.5. The third-order valence-corrected chi connectivity index (χ3v) is 1.62. The van der Waals surface area contributed by atoms with E-state index in [-0.39, 0.29) is 12.5 Å². The Morgan fingerprint density at radius 3 is 2.85 bits per heavy atom. The Morgan fingerprint density at radius 1 is 1.62 bits per heavy atom. The van der Waals surface area contributed by atoms with Crippen LogP contribution in [0.3, 0.4) is 0 Å². The Morgan fingerprint density at radius 2 is 2.31 bits per heavy atom. The van der Waals surface area contributed by atoms with Gasteiger partial charge < -0.3 is 9.64 Å². The van der Waals surface area contributed by atoms with Gasteiger partial charge in [0.15, 0.2) is 0 Å². The van der Waals surface area contributed by atoms with Gasteiger partial charge in [0.2, 0.25) is 5.91 Å². The molecule has 0 saturated carbocycles. The monoisotopic (exact) mass is 184 g/mol. The predicted molar refractivity (Wildman–Crippen MR) is 49.0 cm³/mol. The van der Waals surface area contributed by atoms with Crippen molar-refractivity contribution in [3.05, 3.63) is 0 Å². The summed E-state index contributed by atoms with van der Waals surface area (Å²) in [6.07, 6.45) is 1.18. The molecule has 0 N–H and O–H groups in total. The van der Waals surface area contributed by atoms with Crippen LogP contribution in [-0.4, -0.2) is 37.6 Å². The molecule has 0 aromatic heterocycles. The van der Waals surface area contributed by atoms with Crippen LogP contribution < -0.4 is 0 Å². The Balaban J connectivity index is 3.45. The molecular weight excluding hydrogens is 168 g/mol. The largest absolute Gasteiger partial charge is 0.382 e. The number of nitriles is 1. The van der Waals surface area contributed by atoms with E-state index in [1.54, 1.807) is 7.05 Å². The average Bonchev–Trinajstić information content (AvgIpc) is 2.12. The molecule has 0 atom stereocenters. The number of carbonyl (C=O) groups excluding carboxylic acids is 1. The molecule has 0 radical (unpaired) electrons. The fourth-order valence-corrected chi connectivity index (χ4v) is 0.855. The van der Waals surface area contributed by atoms with E-state index in [1.807, 2.05) is 13.0 Å². The number of rotatable bonds is 6.